The predicted octanol–water partition coefficient (Wildman–Crippen LogP) is 3.31. The van der Waals surface area contributed by atoms with Crippen LogP contribution in [0.1, 0.15) is 5.56 Å². The molecule has 0 N–H and O–H groups in total. The average molecular weight is 234 g/mol. The van der Waals surface area contributed by atoms with Gasteiger partial charge in [-0.2, -0.15) is 0 Å². The lowest BCUT2D eigenvalue weighted by Crippen LogP contribution is -1.89. The van der Waals surface area contributed by atoms with Crippen LogP contribution in [0.3, 0.4) is 0 Å². The highest BCUT2D eigenvalue weighted by Gasteiger charge is 2.04. The molecule has 0 saturated carbocycles. The fourth-order valence-electron chi connectivity index (χ4n) is 1.51. The van der Waals surface area contributed by atoms with Crippen LogP contribution in [0.25, 0.3) is 11.1 Å². The van der Waals surface area contributed by atoms with Crippen molar-refractivity contribution in [1.82, 2.24) is 9.97 Å². The first kappa shape index (κ1) is 11.1. The maximum Gasteiger partial charge on any atom is 0.187 e. The molecule has 0 saturated heterocycles. The molecule has 82 valence electrons. The summed E-state index contributed by atoms with van der Waals surface area (Å²) in [4.78, 5) is 8.39. The van der Waals surface area contributed by atoms with Crippen LogP contribution >= 0.6 is 11.8 Å². The zero-order chi connectivity index (χ0) is 11.5. The number of nitrogens with zero attached hydrogens (tertiary/aromatic N) is 2. The summed E-state index contributed by atoms with van der Waals surface area (Å²) in [6.45, 7) is 1.88. The molecule has 2 rings (SSSR count). The Kier molecular flexibility index (Phi) is 3.19. The van der Waals surface area contributed by atoms with Gasteiger partial charge in [-0.25, -0.2) is 14.4 Å². The van der Waals surface area contributed by atoms with Gasteiger partial charge in [0.25, 0.3) is 0 Å². The van der Waals surface area contributed by atoms with Crippen LogP contribution in [0.15, 0.2) is 35.7 Å². The first-order chi connectivity index (χ1) is 7.70. The SMILES string of the molecule is CSc1ncc(-c2ccc(F)cc2C)cn1. The third-order valence-electron chi connectivity index (χ3n) is 2.31. The molecule has 1 heterocycles. The number of benzene rings is 1. The summed E-state index contributed by atoms with van der Waals surface area (Å²) in [6, 6.07) is 4.71. The van der Waals surface area contributed by atoms with Gasteiger partial charge in [0.05, 0.1) is 0 Å². The summed E-state index contributed by atoms with van der Waals surface area (Å²) < 4.78 is 12.9. The van der Waals surface area contributed by atoms with E-state index < -0.39 is 0 Å². The van der Waals surface area contributed by atoms with Crippen LogP contribution in [0, 0.1) is 12.7 Å². The van der Waals surface area contributed by atoms with Crippen molar-refractivity contribution in [3.05, 3.63) is 42.0 Å². The highest BCUT2D eigenvalue weighted by molar-refractivity contribution is 7.98. The van der Waals surface area contributed by atoms with Crippen molar-refractivity contribution in [3.63, 3.8) is 0 Å². The zero-order valence-corrected chi connectivity index (χ0v) is 9.88. The van der Waals surface area contributed by atoms with Crippen LogP contribution in [0.5, 0.6) is 0 Å². The molecular formula is C12H11FN2S. The molecule has 4 heteroatoms. The molecule has 1 aromatic carbocycles. The van der Waals surface area contributed by atoms with E-state index in [4.69, 9.17) is 0 Å². The molecule has 0 aliphatic rings. The van der Waals surface area contributed by atoms with E-state index in [1.54, 1.807) is 18.5 Å². The van der Waals surface area contributed by atoms with E-state index in [-0.39, 0.29) is 5.82 Å². The van der Waals surface area contributed by atoms with Crippen molar-refractivity contribution < 1.29 is 4.39 Å². The summed E-state index contributed by atoms with van der Waals surface area (Å²) >= 11 is 1.50. The summed E-state index contributed by atoms with van der Waals surface area (Å²) in [5.41, 5.74) is 2.77. The summed E-state index contributed by atoms with van der Waals surface area (Å²) in [5, 5.41) is 0.739. The second-order valence-corrected chi connectivity index (χ2v) is 4.19. The fourth-order valence-corrected chi connectivity index (χ4v) is 1.83. The van der Waals surface area contributed by atoms with Crippen molar-refractivity contribution in [2.24, 2.45) is 0 Å². The summed E-state index contributed by atoms with van der Waals surface area (Å²) in [6.07, 6.45) is 5.45. The summed E-state index contributed by atoms with van der Waals surface area (Å²) in [7, 11) is 0. The maximum absolute atomic E-state index is 12.9. The largest absolute Gasteiger partial charge is 0.230 e. The quantitative estimate of drug-likeness (QED) is 0.589. The standard InChI is InChI=1S/C12H11FN2S/c1-8-5-10(13)3-4-11(8)9-6-14-12(16-2)15-7-9/h3-7H,1-2H3. The molecule has 16 heavy (non-hydrogen) atoms. The van der Waals surface area contributed by atoms with Gasteiger partial charge in [0.15, 0.2) is 5.16 Å². The molecule has 0 fully saturated rings. The van der Waals surface area contributed by atoms with Gasteiger partial charge in [0.2, 0.25) is 0 Å². The van der Waals surface area contributed by atoms with Crippen molar-refractivity contribution in [3.8, 4) is 11.1 Å². The molecule has 2 aromatic rings. The number of rotatable bonds is 2. The van der Waals surface area contributed by atoms with E-state index in [1.165, 1.54) is 23.9 Å². The lowest BCUT2D eigenvalue weighted by Gasteiger charge is -2.05. The average Bonchev–Trinajstić information content (AvgIpc) is 2.29. The molecule has 0 unspecified atom stereocenters. The van der Waals surface area contributed by atoms with E-state index in [0.29, 0.717) is 0 Å². The predicted molar refractivity (Wildman–Crippen MR) is 63.9 cm³/mol. The van der Waals surface area contributed by atoms with E-state index in [9.17, 15) is 4.39 Å². The first-order valence-electron chi connectivity index (χ1n) is 4.83. The Labute approximate surface area is 97.9 Å². The Balaban J connectivity index is 2.42. The minimum atomic E-state index is -0.220. The van der Waals surface area contributed by atoms with Crippen molar-refractivity contribution >= 4 is 11.8 Å². The molecule has 0 radical (unpaired) electrons. The Morgan fingerprint density at radius 2 is 1.88 bits per heavy atom. The van der Waals surface area contributed by atoms with E-state index in [1.807, 2.05) is 13.2 Å². The van der Waals surface area contributed by atoms with E-state index >= 15 is 0 Å². The molecule has 2 nitrogen and oxygen atoms in total. The van der Waals surface area contributed by atoms with Gasteiger partial charge in [-0.1, -0.05) is 17.8 Å². The van der Waals surface area contributed by atoms with Gasteiger partial charge < -0.3 is 0 Å². The molecule has 0 bridgehead atoms. The van der Waals surface area contributed by atoms with Crippen molar-refractivity contribution in [1.29, 1.82) is 0 Å². The third kappa shape index (κ3) is 2.22. The van der Waals surface area contributed by atoms with Crippen molar-refractivity contribution in [2.45, 2.75) is 12.1 Å². The molecular weight excluding hydrogens is 223 g/mol. The minimum Gasteiger partial charge on any atom is -0.230 e. The number of hydrogen-bond donors (Lipinski definition) is 0. The molecule has 0 aliphatic carbocycles. The van der Waals surface area contributed by atoms with Gasteiger partial charge in [0.1, 0.15) is 5.82 Å². The fraction of sp³-hybridized carbons (Fsp3) is 0.167. The maximum atomic E-state index is 12.9. The number of thioether (sulfide) groups is 1. The summed E-state index contributed by atoms with van der Waals surface area (Å²) in [5.74, 6) is -0.220. The second-order valence-electron chi connectivity index (χ2n) is 3.42. The number of aromatic nitrogens is 2. The topological polar surface area (TPSA) is 25.8 Å². The van der Waals surface area contributed by atoms with Gasteiger partial charge in [-0.15, -0.1) is 0 Å². The highest BCUT2D eigenvalue weighted by Crippen LogP contribution is 2.23. The Morgan fingerprint density at radius 1 is 1.19 bits per heavy atom. The molecule has 0 amide bonds. The lowest BCUT2D eigenvalue weighted by atomic mass is 10.0. The molecule has 0 spiro atoms. The lowest BCUT2D eigenvalue weighted by molar-refractivity contribution is 0.627. The van der Waals surface area contributed by atoms with Crippen LogP contribution < -0.4 is 0 Å². The van der Waals surface area contributed by atoms with Gasteiger partial charge in [-0.3, -0.25) is 0 Å². The third-order valence-corrected chi connectivity index (χ3v) is 2.89. The number of hydrogen-bond acceptors (Lipinski definition) is 3. The zero-order valence-electron chi connectivity index (χ0n) is 9.07. The van der Waals surface area contributed by atoms with Gasteiger partial charge in [-0.05, 0) is 36.4 Å². The van der Waals surface area contributed by atoms with Gasteiger partial charge in [0, 0.05) is 18.0 Å². The van der Waals surface area contributed by atoms with Crippen molar-refractivity contribution in [2.75, 3.05) is 6.26 Å². The number of halogens is 1. The smallest absolute Gasteiger partial charge is 0.187 e. The molecule has 1 aromatic heterocycles. The Bertz CT molecular complexity index is 497. The van der Waals surface area contributed by atoms with Crippen LogP contribution in [-0.4, -0.2) is 16.2 Å². The van der Waals surface area contributed by atoms with Crippen LogP contribution in [0.2, 0.25) is 0 Å². The van der Waals surface area contributed by atoms with Crippen LogP contribution in [0.4, 0.5) is 4.39 Å². The van der Waals surface area contributed by atoms with E-state index in [2.05, 4.69) is 9.97 Å². The number of aryl methyl sites for hydroxylation is 1. The molecule has 0 aliphatic heterocycles. The van der Waals surface area contributed by atoms with E-state index in [0.717, 1.165) is 21.8 Å². The monoisotopic (exact) mass is 234 g/mol. The first-order valence-corrected chi connectivity index (χ1v) is 6.06. The Morgan fingerprint density at radius 3 is 2.44 bits per heavy atom. The highest BCUT2D eigenvalue weighted by atomic mass is 32.2. The molecule has 0 atom stereocenters. The van der Waals surface area contributed by atoms with Gasteiger partial charge >= 0.3 is 0 Å². The second kappa shape index (κ2) is 4.61. The normalized spacial score (nSPS) is 10.4. The minimum absolute atomic E-state index is 0.220. The van der Waals surface area contributed by atoms with Crippen LogP contribution in [-0.2, 0) is 0 Å². The Hall–Kier alpha value is -1.42.